The second-order valence-corrected chi connectivity index (χ2v) is 5.55. The van der Waals surface area contributed by atoms with E-state index in [4.69, 9.17) is 21.6 Å². The van der Waals surface area contributed by atoms with Gasteiger partial charge in [-0.1, -0.05) is 11.6 Å². The Morgan fingerprint density at radius 2 is 2.16 bits per heavy atom. The van der Waals surface area contributed by atoms with Crippen LogP contribution in [-0.2, 0) is 6.42 Å². The van der Waals surface area contributed by atoms with Crippen molar-refractivity contribution >= 4 is 23.6 Å². The molecule has 25 heavy (non-hydrogen) atoms. The lowest BCUT2D eigenvalue weighted by Gasteiger charge is -2.04. The highest BCUT2D eigenvalue weighted by Gasteiger charge is 2.27. The molecule has 0 unspecified atom stereocenters. The van der Waals surface area contributed by atoms with Gasteiger partial charge in [0.05, 0.1) is 23.2 Å². The van der Waals surface area contributed by atoms with Crippen molar-refractivity contribution in [2.24, 2.45) is 0 Å². The number of nitro groups is 1. The number of hydrogen-bond acceptors (Lipinski definition) is 5. The molecule has 8 heteroatoms. The number of nitrogens with zero attached hydrogens (tertiary/aromatic N) is 2. The Morgan fingerprint density at radius 1 is 1.44 bits per heavy atom. The third kappa shape index (κ3) is 3.92. The van der Waals surface area contributed by atoms with E-state index in [0.717, 1.165) is 5.56 Å². The van der Waals surface area contributed by atoms with Crippen LogP contribution in [0.3, 0.4) is 0 Å². The van der Waals surface area contributed by atoms with Crippen molar-refractivity contribution in [3.8, 4) is 11.8 Å². The first kappa shape index (κ1) is 18.4. The highest BCUT2D eigenvalue weighted by Crippen LogP contribution is 2.35. The number of ether oxygens (including phenoxy) is 1. The van der Waals surface area contributed by atoms with E-state index in [1.807, 2.05) is 6.07 Å². The van der Waals surface area contributed by atoms with Crippen LogP contribution in [0.5, 0.6) is 5.75 Å². The molecule has 2 aromatic carbocycles. The monoisotopic (exact) mass is 362 g/mol. The second-order valence-electron chi connectivity index (χ2n) is 5.14. The van der Waals surface area contributed by atoms with E-state index in [0.29, 0.717) is 35.6 Å². The van der Waals surface area contributed by atoms with Crippen LogP contribution >= 0.6 is 11.6 Å². The number of fused-ring (bicyclic) bond motifs is 1. The van der Waals surface area contributed by atoms with Gasteiger partial charge in [0.1, 0.15) is 23.2 Å². The number of hydrogen-bond donors (Lipinski definition) is 0. The van der Waals surface area contributed by atoms with Crippen LogP contribution in [-0.4, -0.2) is 17.8 Å². The molecule has 0 spiro atoms. The number of nitro benzene ring substituents is 1. The van der Waals surface area contributed by atoms with Gasteiger partial charge in [0.2, 0.25) is 0 Å². The van der Waals surface area contributed by atoms with Crippen LogP contribution in [0.4, 0.5) is 10.1 Å². The molecule has 0 N–H and O–H groups in total. The summed E-state index contributed by atoms with van der Waals surface area (Å²) in [6, 6.07) is 7.32. The van der Waals surface area contributed by atoms with Crippen LogP contribution in [0.1, 0.15) is 27.0 Å². The number of nitriles is 1. The summed E-state index contributed by atoms with van der Waals surface area (Å²) >= 11 is 5.61. The lowest BCUT2D eigenvalue weighted by molar-refractivity contribution is -0.385. The van der Waals surface area contributed by atoms with Gasteiger partial charge in [-0.25, -0.2) is 4.39 Å². The molecule has 1 heterocycles. The number of rotatable bonds is 2. The van der Waals surface area contributed by atoms with Crippen molar-refractivity contribution in [2.75, 3.05) is 6.61 Å². The normalized spacial score (nSPS) is 11.4. The minimum Gasteiger partial charge on any atom is -0.493 e. The highest BCUT2D eigenvalue weighted by atomic mass is 35.5. The van der Waals surface area contributed by atoms with Crippen LogP contribution in [0, 0.1) is 34.2 Å². The Morgan fingerprint density at radius 3 is 2.68 bits per heavy atom. The molecule has 0 saturated carbocycles. The molecule has 1 aliphatic rings. The maximum atomic E-state index is 12.3. The van der Waals surface area contributed by atoms with Crippen LogP contribution in [0.25, 0.3) is 0 Å². The SMILES string of the molecule is Cc1cc(F)ccc1Cl.N#Cc1c(C=O)c([N+](=O)[O-])cc2c1CCO2. The van der Waals surface area contributed by atoms with Gasteiger partial charge in [-0.3, -0.25) is 14.9 Å². The Balaban J connectivity index is 0.000000212. The summed E-state index contributed by atoms with van der Waals surface area (Å²) in [5, 5.41) is 20.3. The molecule has 6 nitrogen and oxygen atoms in total. The number of aryl methyl sites for hydroxylation is 1. The zero-order valence-electron chi connectivity index (χ0n) is 13.1. The van der Waals surface area contributed by atoms with E-state index >= 15 is 0 Å². The van der Waals surface area contributed by atoms with E-state index in [9.17, 15) is 19.3 Å². The number of halogens is 2. The smallest absolute Gasteiger partial charge is 0.284 e. The first-order valence-electron chi connectivity index (χ1n) is 7.13. The largest absolute Gasteiger partial charge is 0.493 e. The fraction of sp³-hybridized carbons (Fsp3) is 0.176. The molecule has 3 rings (SSSR count). The van der Waals surface area contributed by atoms with Gasteiger partial charge in [0.15, 0.2) is 6.29 Å². The van der Waals surface area contributed by atoms with Crippen molar-refractivity contribution in [1.29, 1.82) is 5.26 Å². The van der Waals surface area contributed by atoms with Gasteiger partial charge in [-0.05, 0) is 30.7 Å². The third-order valence-electron chi connectivity index (χ3n) is 3.57. The summed E-state index contributed by atoms with van der Waals surface area (Å²) in [4.78, 5) is 20.9. The standard InChI is InChI=1S/C10H6N2O4.C7H6ClF/c11-4-7-6-1-2-16-10(6)3-9(12(14)15)8(7)5-13;1-5-4-6(9)2-3-7(5)8/h3,5H,1-2H2;2-4H,1H3. The van der Waals surface area contributed by atoms with E-state index in [1.54, 1.807) is 13.0 Å². The Kier molecular flexibility index (Phi) is 5.67. The molecule has 0 radical (unpaired) electrons. The Hall–Kier alpha value is -2.98. The Labute approximate surface area is 147 Å². The van der Waals surface area contributed by atoms with E-state index in [-0.39, 0.29) is 22.6 Å². The maximum absolute atomic E-state index is 12.3. The minimum absolute atomic E-state index is 0.0525. The highest BCUT2D eigenvalue weighted by molar-refractivity contribution is 6.31. The molecule has 1 aliphatic heterocycles. The predicted octanol–water partition coefficient (Wildman–Crippen LogP) is 4.00. The maximum Gasteiger partial charge on any atom is 0.284 e. The number of carbonyl (C=O) groups excluding carboxylic acids is 1. The topological polar surface area (TPSA) is 93.2 Å². The van der Waals surface area contributed by atoms with Gasteiger partial charge in [-0.15, -0.1) is 0 Å². The Bertz CT molecular complexity index is 893. The van der Waals surface area contributed by atoms with Crippen molar-refractivity contribution in [3.63, 3.8) is 0 Å². The van der Waals surface area contributed by atoms with Crippen molar-refractivity contribution in [2.45, 2.75) is 13.3 Å². The average molecular weight is 363 g/mol. The molecule has 0 amide bonds. The summed E-state index contributed by atoms with van der Waals surface area (Å²) in [5.74, 6) is 0.0887. The van der Waals surface area contributed by atoms with E-state index in [1.165, 1.54) is 18.2 Å². The van der Waals surface area contributed by atoms with Crippen molar-refractivity contribution < 1.29 is 18.8 Å². The summed E-state index contributed by atoms with van der Waals surface area (Å²) in [5.41, 5.74) is 0.854. The first-order valence-corrected chi connectivity index (χ1v) is 7.50. The average Bonchev–Trinajstić information content (AvgIpc) is 3.05. The summed E-state index contributed by atoms with van der Waals surface area (Å²) in [6.45, 7) is 2.15. The van der Waals surface area contributed by atoms with E-state index < -0.39 is 4.92 Å². The van der Waals surface area contributed by atoms with Crippen molar-refractivity contribution in [3.05, 3.63) is 67.5 Å². The number of aldehydes is 1. The fourth-order valence-electron chi connectivity index (χ4n) is 2.35. The van der Waals surface area contributed by atoms with Gasteiger partial charge in [0, 0.05) is 17.0 Å². The van der Waals surface area contributed by atoms with Gasteiger partial charge in [0.25, 0.3) is 5.69 Å². The predicted molar refractivity (Wildman–Crippen MR) is 88.5 cm³/mol. The molecule has 0 atom stereocenters. The molecule has 0 bridgehead atoms. The molecule has 0 aromatic heterocycles. The third-order valence-corrected chi connectivity index (χ3v) is 3.99. The van der Waals surface area contributed by atoms with E-state index in [2.05, 4.69) is 0 Å². The van der Waals surface area contributed by atoms with Crippen LogP contribution in [0.15, 0.2) is 24.3 Å². The molecule has 2 aromatic rings. The zero-order valence-corrected chi connectivity index (χ0v) is 13.8. The summed E-state index contributed by atoms with van der Waals surface area (Å²) < 4.78 is 17.4. The molecule has 0 fully saturated rings. The van der Waals surface area contributed by atoms with Crippen LogP contribution in [0.2, 0.25) is 5.02 Å². The van der Waals surface area contributed by atoms with Crippen LogP contribution < -0.4 is 4.74 Å². The van der Waals surface area contributed by atoms with Gasteiger partial charge < -0.3 is 4.74 Å². The fourth-order valence-corrected chi connectivity index (χ4v) is 2.47. The van der Waals surface area contributed by atoms with Crippen molar-refractivity contribution in [1.82, 2.24) is 0 Å². The first-order chi connectivity index (χ1) is 11.9. The number of benzene rings is 2. The quantitative estimate of drug-likeness (QED) is 0.457. The number of carbonyl (C=O) groups is 1. The molecular formula is C17H12ClFN2O4. The minimum atomic E-state index is -0.688. The zero-order chi connectivity index (χ0) is 18.6. The summed E-state index contributed by atoms with van der Waals surface area (Å²) in [6.07, 6.45) is 0.840. The lowest BCUT2D eigenvalue weighted by atomic mass is 9.99. The summed E-state index contributed by atoms with van der Waals surface area (Å²) in [7, 11) is 0. The van der Waals surface area contributed by atoms with Gasteiger partial charge in [-0.2, -0.15) is 5.26 Å². The molecule has 0 aliphatic carbocycles. The molecular weight excluding hydrogens is 351 g/mol. The second kappa shape index (κ2) is 7.73. The molecule has 128 valence electrons. The lowest BCUT2D eigenvalue weighted by Crippen LogP contribution is -2.00. The molecule has 0 saturated heterocycles. The van der Waals surface area contributed by atoms with Gasteiger partial charge >= 0.3 is 0 Å².